The molecule has 2 aromatic rings. The molecule has 2 rings (SSSR count). The first-order chi connectivity index (χ1) is 11.4. The molecule has 0 aliphatic rings. The van der Waals surface area contributed by atoms with Crippen molar-refractivity contribution >= 4 is 27.8 Å². The van der Waals surface area contributed by atoms with Gasteiger partial charge in [-0.2, -0.15) is 0 Å². The van der Waals surface area contributed by atoms with Crippen molar-refractivity contribution in [2.75, 3.05) is 14.2 Å². The number of aromatic nitrogens is 1. The van der Waals surface area contributed by atoms with Crippen LogP contribution in [0.5, 0.6) is 0 Å². The average molecular weight is 393 g/mol. The summed E-state index contributed by atoms with van der Waals surface area (Å²) >= 11 is 3.36. The third-order valence-electron chi connectivity index (χ3n) is 3.47. The Hall–Kier alpha value is -2.41. The lowest BCUT2D eigenvalue weighted by Crippen LogP contribution is -2.33. The van der Waals surface area contributed by atoms with E-state index in [0.717, 1.165) is 10.0 Å². The van der Waals surface area contributed by atoms with Gasteiger partial charge in [-0.3, -0.25) is 9.59 Å². The standard InChI is InChI=1S/C17H17BrN2O4/c1-19(9-12-3-6-14(18)7-4-12)16(22)11-20-10-13(17(23)24-2)5-8-15(20)21/h3-8,10H,9,11H2,1-2H3. The number of carbonyl (C=O) groups excluding carboxylic acids is 2. The molecule has 6 nitrogen and oxygen atoms in total. The summed E-state index contributed by atoms with van der Waals surface area (Å²) in [6, 6.07) is 10.3. The van der Waals surface area contributed by atoms with Gasteiger partial charge in [0.25, 0.3) is 5.56 Å². The van der Waals surface area contributed by atoms with Crippen LogP contribution in [0.3, 0.4) is 0 Å². The molecule has 0 radical (unpaired) electrons. The predicted molar refractivity (Wildman–Crippen MR) is 92.7 cm³/mol. The lowest BCUT2D eigenvalue weighted by atomic mass is 10.2. The van der Waals surface area contributed by atoms with Crippen molar-refractivity contribution < 1.29 is 14.3 Å². The van der Waals surface area contributed by atoms with Crippen molar-refractivity contribution in [1.29, 1.82) is 0 Å². The van der Waals surface area contributed by atoms with Gasteiger partial charge in [-0.1, -0.05) is 28.1 Å². The van der Waals surface area contributed by atoms with Crippen LogP contribution in [0.15, 0.2) is 51.9 Å². The summed E-state index contributed by atoms with van der Waals surface area (Å²) < 4.78 is 6.78. The summed E-state index contributed by atoms with van der Waals surface area (Å²) in [7, 11) is 2.93. The zero-order chi connectivity index (χ0) is 17.7. The van der Waals surface area contributed by atoms with Crippen LogP contribution in [-0.2, 0) is 22.6 Å². The molecule has 0 N–H and O–H groups in total. The molecule has 1 heterocycles. The van der Waals surface area contributed by atoms with E-state index in [1.54, 1.807) is 7.05 Å². The monoisotopic (exact) mass is 392 g/mol. The molecule has 126 valence electrons. The topological polar surface area (TPSA) is 68.6 Å². The van der Waals surface area contributed by atoms with Gasteiger partial charge in [-0.25, -0.2) is 4.79 Å². The quantitative estimate of drug-likeness (QED) is 0.730. The van der Waals surface area contributed by atoms with Crippen LogP contribution in [-0.4, -0.2) is 35.5 Å². The average Bonchev–Trinajstić information content (AvgIpc) is 2.58. The van der Waals surface area contributed by atoms with E-state index in [9.17, 15) is 14.4 Å². The Morgan fingerprint density at radius 1 is 1.17 bits per heavy atom. The van der Waals surface area contributed by atoms with Gasteiger partial charge < -0.3 is 14.2 Å². The maximum atomic E-state index is 12.3. The fraction of sp³-hybridized carbons (Fsp3) is 0.235. The van der Waals surface area contributed by atoms with Gasteiger partial charge >= 0.3 is 5.97 Å². The predicted octanol–water partition coefficient (Wildman–Crippen LogP) is 2.06. The number of methoxy groups -OCH3 is 1. The van der Waals surface area contributed by atoms with Gasteiger partial charge in [0.2, 0.25) is 5.91 Å². The SMILES string of the molecule is COC(=O)c1ccc(=O)n(CC(=O)N(C)Cc2ccc(Br)cc2)c1. The summed E-state index contributed by atoms with van der Waals surface area (Å²) in [5.74, 6) is -0.790. The van der Waals surface area contributed by atoms with Crippen LogP contribution in [0.2, 0.25) is 0 Å². The molecule has 0 unspecified atom stereocenters. The second kappa shape index (κ2) is 7.92. The van der Waals surface area contributed by atoms with E-state index in [1.165, 1.54) is 34.9 Å². The maximum Gasteiger partial charge on any atom is 0.339 e. The highest BCUT2D eigenvalue weighted by molar-refractivity contribution is 9.10. The van der Waals surface area contributed by atoms with Crippen molar-refractivity contribution in [2.45, 2.75) is 13.1 Å². The largest absolute Gasteiger partial charge is 0.465 e. The third kappa shape index (κ3) is 4.55. The number of ether oxygens (including phenoxy) is 1. The summed E-state index contributed by atoms with van der Waals surface area (Å²) in [6.45, 7) is 0.286. The molecule has 0 spiro atoms. The third-order valence-corrected chi connectivity index (χ3v) is 4.00. The second-order valence-electron chi connectivity index (χ2n) is 5.25. The number of pyridine rings is 1. The van der Waals surface area contributed by atoms with Gasteiger partial charge in [0.15, 0.2) is 0 Å². The Morgan fingerprint density at radius 3 is 2.46 bits per heavy atom. The molecule has 0 aliphatic heterocycles. The Balaban J connectivity index is 2.09. The van der Waals surface area contributed by atoms with Crippen LogP contribution in [0.1, 0.15) is 15.9 Å². The van der Waals surface area contributed by atoms with E-state index >= 15 is 0 Å². The number of likely N-dealkylation sites (N-methyl/N-ethyl adjacent to an activating group) is 1. The van der Waals surface area contributed by atoms with Crippen molar-refractivity contribution in [3.05, 3.63) is 68.5 Å². The molecule has 0 saturated heterocycles. The highest BCUT2D eigenvalue weighted by Gasteiger charge is 2.13. The number of amides is 1. The molecule has 0 fully saturated rings. The number of carbonyl (C=O) groups is 2. The van der Waals surface area contributed by atoms with Gasteiger partial charge in [0.05, 0.1) is 12.7 Å². The number of hydrogen-bond donors (Lipinski definition) is 0. The van der Waals surface area contributed by atoms with Gasteiger partial charge in [0, 0.05) is 30.3 Å². The van der Waals surface area contributed by atoms with E-state index in [2.05, 4.69) is 20.7 Å². The van der Waals surface area contributed by atoms with Gasteiger partial charge in [-0.05, 0) is 23.8 Å². The first-order valence-corrected chi connectivity index (χ1v) is 7.97. The van der Waals surface area contributed by atoms with Crippen molar-refractivity contribution in [3.8, 4) is 0 Å². The lowest BCUT2D eigenvalue weighted by molar-refractivity contribution is -0.131. The number of nitrogens with zero attached hydrogens (tertiary/aromatic N) is 2. The van der Waals surface area contributed by atoms with Crippen molar-refractivity contribution in [3.63, 3.8) is 0 Å². The highest BCUT2D eigenvalue weighted by Crippen LogP contribution is 2.12. The Labute approximate surface area is 147 Å². The fourth-order valence-corrected chi connectivity index (χ4v) is 2.38. The van der Waals surface area contributed by atoms with Crippen LogP contribution in [0.25, 0.3) is 0 Å². The normalized spacial score (nSPS) is 10.3. The van der Waals surface area contributed by atoms with Crippen LogP contribution in [0.4, 0.5) is 0 Å². The van der Waals surface area contributed by atoms with Crippen LogP contribution in [0, 0.1) is 0 Å². The van der Waals surface area contributed by atoms with Gasteiger partial charge in [-0.15, -0.1) is 0 Å². The molecule has 0 saturated carbocycles. The maximum absolute atomic E-state index is 12.3. The Morgan fingerprint density at radius 2 is 1.83 bits per heavy atom. The molecule has 0 aliphatic carbocycles. The zero-order valence-corrected chi connectivity index (χ0v) is 14.9. The van der Waals surface area contributed by atoms with Gasteiger partial charge in [0.1, 0.15) is 6.54 Å². The summed E-state index contributed by atoms with van der Waals surface area (Å²) in [5, 5.41) is 0. The zero-order valence-electron chi connectivity index (χ0n) is 13.4. The highest BCUT2D eigenvalue weighted by atomic mass is 79.9. The number of rotatable bonds is 5. The molecule has 7 heteroatoms. The van der Waals surface area contributed by atoms with E-state index in [1.807, 2.05) is 24.3 Å². The van der Waals surface area contributed by atoms with E-state index in [0.29, 0.717) is 6.54 Å². The minimum Gasteiger partial charge on any atom is -0.465 e. The summed E-state index contributed by atoms with van der Waals surface area (Å²) in [5.41, 5.74) is 0.846. The summed E-state index contributed by atoms with van der Waals surface area (Å²) in [4.78, 5) is 37.3. The molecular weight excluding hydrogens is 376 g/mol. The smallest absolute Gasteiger partial charge is 0.339 e. The minimum absolute atomic E-state index is 0.142. The van der Waals surface area contributed by atoms with Crippen molar-refractivity contribution in [1.82, 2.24) is 9.47 Å². The number of hydrogen-bond acceptors (Lipinski definition) is 4. The molecule has 24 heavy (non-hydrogen) atoms. The Kier molecular flexibility index (Phi) is 5.92. The number of esters is 1. The second-order valence-corrected chi connectivity index (χ2v) is 6.17. The molecule has 1 aromatic heterocycles. The number of benzene rings is 1. The van der Waals surface area contributed by atoms with E-state index in [4.69, 9.17) is 0 Å². The van der Waals surface area contributed by atoms with Crippen molar-refractivity contribution in [2.24, 2.45) is 0 Å². The molecule has 0 atom stereocenters. The molecule has 0 bridgehead atoms. The minimum atomic E-state index is -0.556. The lowest BCUT2D eigenvalue weighted by Gasteiger charge is -2.18. The van der Waals surface area contributed by atoms with Crippen LogP contribution < -0.4 is 5.56 Å². The van der Waals surface area contributed by atoms with E-state index in [-0.39, 0.29) is 23.6 Å². The number of halogens is 1. The molecule has 1 aromatic carbocycles. The fourth-order valence-electron chi connectivity index (χ4n) is 2.11. The molecular formula is C17H17BrN2O4. The Bertz CT molecular complexity index is 799. The first-order valence-electron chi connectivity index (χ1n) is 7.18. The summed E-state index contributed by atoms with van der Waals surface area (Å²) in [6.07, 6.45) is 1.33. The first kappa shape index (κ1) is 17.9. The van der Waals surface area contributed by atoms with E-state index < -0.39 is 5.97 Å². The molecule has 1 amide bonds. The van der Waals surface area contributed by atoms with Crippen LogP contribution >= 0.6 is 15.9 Å².